The summed E-state index contributed by atoms with van der Waals surface area (Å²) in [5.74, 6) is 0.0934. The Morgan fingerprint density at radius 2 is 1.54 bits per heavy atom. The number of hydrogen-bond donors (Lipinski definition) is 2. The van der Waals surface area contributed by atoms with Crippen molar-refractivity contribution in [3.8, 4) is 0 Å². The molecule has 2 aromatic carbocycles. The second-order valence-electron chi connectivity index (χ2n) is 6.87. The predicted molar refractivity (Wildman–Crippen MR) is 104 cm³/mol. The van der Waals surface area contributed by atoms with Crippen LogP contribution in [0.1, 0.15) is 36.8 Å². The second kappa shape index (κ2) is 7.50. The number of benzene rings is 2. The molecule has 0 saturated heterocycles. The average molecular weight is 372 g/mol. The molecule has 2 aromatic rings. The van der Waals surface area contributed by atoms with Gasteiger partial charge in [0.15, 0.2) is 0 Å². The van der Waals surface area contributed by atoms with Gasteiger partial charge in [-0.3, -0.25) is 9.52 Å². The predicted octanol–water partition coefficient (Wildman–Crippen LogP) is 4.23. The summed E-state index contributed by atoms with van der Waals surface area (Å²) in [6.45, 7) is 3.74. The van der Waals surface area contributed by atoms with E-state index >= 15 is 0 Å². The van der Waals surface area contributed by atoms with E-state index in [2.05, 4.69) is 10.0 Å². The summed E-state index contributed by atoms with van der Waals surface area (Å²) in [5, 5.41) is 2.88. The molecule has 6 heteroatoms. The minimum Gasteiger partial charge on any atom is -0.326 e. The van der Waals surface area contributed by atoms with Gasteiger partial charge in [-0.1, -0.05) is 31.0 Å². The molecule has 0 heterocycles. The summed E-state index contributed by atoms with van der Waals surface area (Å²) in [6, 6.07) is 11.9. The van der Waals surface area contributed by atoms with Crippen molar-refractivity contribution in [3.05, 3.63) is 53.6 Å². The normalized spacial score (nSPS) is 15.0. The Hall–Kier alpha value is -2.34. The Labute approximate surface area is 154 Å². The van der Waals surface area contributed by atoms with Gasteiger partial charge in [-0.15, -0.1) is 0 Å². The van der Waals surface area contributed by atoms with Crippen molar-refractivity contribution < 1.29 is 13.2 Å². The molecule has 2 N–H and O–H groups in total. The van der Waals surface area contributed by atoms with E-state index < -0.39 is 10.0 Å². The lowest BCUT2D eigenvalue weighted by molar-refractivity contribution is -0.119. The van der Waals surface area contributed by atoms with Crippen molar-refractivity contribution in [1.29, 1.82) is 0 Å². The maximum absolute atomic E-state index is 12.7. The summed E-state index contributed by atoms with van der Waals surface area (Å²) in [6.07, 6.45) is 4.05. The van der Waals surface area contributed by atoms with Crippen LogP contribution >= 0.6 is 0 Å². The lowest BCUT2D eigenvalue weighted by Gasteiger charge is -2.14. The fourth-order valence-corrected chi connectivity index (χ4v) is 4.52. The molecule has 3 rings (SSSR count). The Morgan fingerprint density at radius 1 is 0.962 bits per heavy atom. The number of sulfonamides is 1. The number of aryl methyl sites for hydroxylation is 2. The molecule has 138 valence electrons. The summed E-state index contributed by atoms with van der Waals surface area (Å²) >= 11 is 0. The molecule has 1 saturated carbocycles. The van der Waals surface area contributed by atoms with Gasteiger partial charge in [0.2, 0.25) is 5.91 Å². The van der Waals surface area contributed by atoms with E-state index in [0.29, 0.717) is 11.4 Å². The van der Waals surface area contributed by atoms with E-state index in [1.54, 1.807) is 12.1 Å². The maximum atomic E-state index is 12.7. The SMILES string of the molecule is Cc1cccc(C)c1NS(=O)(=O)c1ccc(NC(=O)C2CCCC2)cc1. The van der Waals surface area contributed by atoms with E-state index in [9.17, 15) is 13.2 Å². The van der Waals surface area contributed by atoms with Gasteiger partial charge in [0.05, 0.1) is 10.6 Å². The van der Waals surface area contributed by atoms with Crippen molar-refractivity contribution in [3.63, 3.8) is 0 Å². The summed E-state index contributed by atoms with van der Waals surface area (Å²) in [5.41, 5.74) is 2.96. The van der Waals surface area contributed by atoms with E-state index in [-0.39, 0.29) is 16.7 Å². The molecule has 0 bridgehead atoms. The number of carbonyl (C=O) groups is 1. The first-order valence-electron chi connectivity index (χ1n) is 8.87. The fraction of sp³-hybridized carbons (Fsp3) is 0.350. The topological polar surface area (TPSA) is 75.3 Å². The highest BCUT2D eigenvalue weighted by Crippen LogP contribution is 2.27. The average Bonchev–Trinajstić information content (AvgIpc) is 3.14. The third-order valence-corrected chi connectivity index (χ3v) is 6.24. The highest BCUT2D eigenvalue weighted by molar-refractivity contribution is 7.92. The number of nitrogens with one attached hydrogen (secondary N) is 2. The zero-order valence-corrected chi connectivity index (χ0v) is 15.9. The molecule has 1 fully saturated rings. The van der Waals surface area contributed by atoms with Crippen molar-refractivity contribution in [2.75, 3.05) is 10.0 Å². The molecular formula is C20H24N2O3S. The van der Waals surface area contributed by atoms with Gasteiger partial charge in [0.1, 0.15) is 0 Å². The standard InChI is InChI=1S/C20H24N2O3S/c1-14-6-5-7-15(2)19(14)22-26(24,25)18-12-10-17(11-13-18)21-20(23)16-8-3-4-9-16/h5-7,10-13,16,22H,3-4,8-9H2,1-2H3,(H,21,23). The zero-order valence-electron chi connectivity index (χ0n) is 15.1. The maximum Gasteiger partial charge on any atom is 0.261 e. The van der Waals surface area contributed by atoms with Crippen LogP contribution in [0.5, 0.6) is 0 Å². The molecule has 0 aliphatic heterocycles. The number of para-hydroxylation sites is 1. The lowest BCUT2D eigenvalue weighted by Crippen LogP contribution is -2.20. The van der Waals surface area contributed by atoms with Gasteiger partial charge in [-0.25, -0.2) is 8.42 Å². The van der Waals surface area contributed by atoms with Crippen LogP contribution in [-0.4, -0.2) is 14.3 Å². The van der Waals surface area contributed by atoms with Crippen LogP contribution in [0.2, 0.25) is 0 Å². The molecule has 26 heavy (non-hydrogen) atoms. The molecule has 0 unspecified atom stereocenters. The Balaban J connectivity index is 1.73. The Morgan fingerprint density at radius 3 is 2.12 bits per heavy atom. The molecule has 1 aliphatic carbocycles. The van der Waals surface area contributed by atoms with Crippen molar-refractivity contribution in [2.24, 2.45) is 5.92 Å². The van der Waals surface area contributed by atoms with Gasteiger partial charge in [0.25, 0.3) is 10.0 Å². The van der Waals surface area contributed by atoms with Gasteiger partial charge in [-0.2, -0.15) is 0 Å². The third-order valence-electron chi connectivity index (χ3n) is 4.88. The first-order chi connectivity index (χ1) is 12.4. The van der Waals surface area contributed by atoms with E-state index in [0.717, 1.165) is 36.8 Å². The molecule has 0 atom stereocenters. The van der Waals surface area contributed by atoms with Crippen LogP contribution in [0.3, 0.4) is 0 Å². The summed E-state index contributed by atoms with van der Waals surface area (Å²) < 4.78 is 28.0. The summed E-state index contributed by atoms with van der Waals surface area (Å²) in [4.78, 5) is 12.3. The molecule has 0 spiro atoms. The van der Waals surface area contributed by atoms with Gasteiger partial charge in [0, 0.05) is 11.6 Å². The Kier molecular flexibility index (Phi) is 5.32. The molecule has 5 nitrogen and oxygen atoms in total. The van der Waals surface area contributed by atoms with E-state index in [1.165, 1.54) is 12.1 Å². The van der Waals surface area contributed by atoms with Crippen molar-refractivity contribution in [2.45, 2.75) is 44.4 Å². The number of amides is 1. The highest BCUT2D eigenvalue weighted by Gasteiger charge is 2.23. The highest BCUT2D eigenvalue weighted by atomic mass is 32.2. The quantitative estimate of drug-likeness (QED) is 0.824. The molecule has 1 aliphatic rings. The van der Waals surface area contributed by atoms with Gasteiger partial charge in [-0.05, 0) is 62.1 Å². The number of carbonyl (C=O) groups excluding carboxylic acids is 1. The molecule has 1 amide bonds. The minimum absolute atomic E-state index is 0.0202. The number of hydrogen-bond acceptors (Lipinski definition) is 3. The van der Waals surface area contributed by atoms with Crippen molar-refractivity contribution >= 4 is 27.3 Å². The largest absolute Gasteiger partial charge is 0.326 e. The minimum atomic E-state index is -3.68. The summed E-state index contributed by atoms with van der Waals surface area (Å²) in [7, 11) is -3.68. The molecule has 0 aromatic heterocycles. The monoisotopic (exact) mass is 372 g/mol. The van der Waals surface area contributed by atoms with Gasteiger partial charge >= 0.3 is 0 Å². The van der Waals surface area contributed by atoms with Crippen LogP contribution in [0.25, 0.3) is 0 Å². The first-order valence-corrected chi connectivity index (χ1v) is 10.3. The van der Waals surface area contributed by atoms with Gasteiger partial charge < -0.3 is 5.32 Å². The Bertz CT molecular complexity index is 879. The smallest absolute Gasteiger partial charge is 0.261 e. The van der Waals surface area contributed by atoms with Crippen LogP contribution in [0, 0.1) is 19.8 Å². The van der Waals surface area contributed by atoms with Crippen LogP contribution < -0.4 is 10.0 Å². The van der Waals surface area contributed by atoms with Crippen LogP contribution in [0.15, 0.2) is 47.4 Å². The number of rotatable bonds is 5. The number of anilines is 2. The van der Waals surface area contributed by atoms with Crippen LogP contribution in [-0.2, 0) is 14.8 Å². The second-order valence-corrected chi connectivity index (χ2v) is 8.55. The van der Waals surface area contributed by atoms with E-state index in [1.807, 2.05) is 32.0 Å². The van der Waals surface area contributed by atoms with Crippen molar-refractivity contribution in [1.82, 2.24) is 0 Å². The lowest BCUT2D eigenvalue weighted by atomic mass is 10.1. The zero-order chi connectivity index (χ0) is 18.7. The molecular weight excluding hydrogens is 348 g/mol. The van der Waals surface area contributed by atoms with E-state index in [4.69, 9.17) is 0 Å². The first kappa shape index (κ1) is 18.5. The fourth-order valence-electron chi connectivity index (χ4n) is 3.32. The van der Waals surface area contributed by atoms with Crippen LogP contribution in [0.4, 0.5) is 11.4 Å². The third kappa shape index (κ3) is 4.07. The molecule has 0 radical (unpaired) electrons.